The van der Waals surface area contributed by atoms with Gasteiger partial charge in [0.1, 0.15) is 11.5 Å². The lowest BCUT2D eigenvalue weighted by Gasteiger charge is -2.03. The summed E-state index contributed by atoms with van der Waals surface area (Å²) in [5, 5.41) is 2.94. The number of imidazole rings is 2. The largest absolute Gasteiger partial charge is 0.346 e. The minimum Gasteiger partial charge on any atom is -0.346 e. The molecule has 0 saturated carbocycles. The number of fused-ring (bicyclic) bond motifs is 1. The van der Waals surface area contributed by atoms with Crippen LogP contribution in [-0.2, 0) is 13.1 Å². The van der Waals surface area contributed by atoms with Crippen molar-refractivity contribution in [2.24, 2.45) is 0 Å². The second kappa shape index (κ2) is 8.43. The number of carbonyl (C=O) groups is 1. The highest BCUT2D eigenvalue weighted by Crippen LogP contribution is 2.23. The number of nitrogens with zero attached hydrogens (tertiary/aromatic N) is 6. The van der Waals surface area contributed by atoms with Crippen LogP contribution in [0.25, 0.3) is 17.0 Å². The molecular weight excluding hydrogens is 402 g/mol. The first-order valence-electron chi connectivity index (χ1n) is 10.3. The van der Waals surface area contributed by atoms with Crippen LogP contribution in [0.2, 0.25) is 0 Å². The quantitative estimate of drug-likeness (QED) is 0.453. The van der Waals surface area contributed by atoms with Gasteiger partial charge in [0, 0.05) is 50.3 Å². The predicted molar refractivity (Wildman–Crippen MR) is 120 cm³/mol. The summed E-state index contributed by atoms with van der Waals surface area (Å²) in [5.41, 5.74) is 3.87. The first-order valence-corrected chi connectivity index (χ1v) is 10.3. The summed E-state index contributed by atoms with van der Waals surface area (Å²) in [6, 6.07) is 13.4. The number of hydrogen-bond acceptors (Lipinski definition) is 5. The second-order valence-corrected chi connectivity index (χ2v) is 7.44. The molecule has 0 spiro atoms. The average molecular weight is 423 g/mol. The summed E-state index contributed by atoms with van der Waals surface area (Å²) in [4.78, 5) is 30.5. The molecule has 32 heavy (non-hydrogen) atoms. The summed E-state index contributed by atoms with van der Waals surface area (Å²) >= 11 is 0. The fourth-order valence-corrected chi connectivity index (χ4v) is 3.62. The van der Waals surface area contributed by atoms with Crippen molar-refractivity contribution in [3.8, 4) is 11.5 Å². The van der Waals surface area contributed by atoms with E-state index in [1.165, 1.54) is 0 Å². The van der Waals surface area contributed by atoms with E-state index < -0.39 is 0 Å². The van der Waals surface area contributed by atoms with Crippen molar-refractivity contribution in [2.75, 3.05) is 0 Å². The zero-order chi connectivity index (χ0) is 21.9. The number of aryl methyl sites for hydroxylation is 1. The minimum absolute atomic E-state index is 0.239. The predicted octanol–water partition coefficient (Wildman–Crippen LogP) is 3.27. The fourth-order valence-electron chi connectivity index (χ4n) is 3.62. The molecule has 0 saturated heterocycles. The van der Waals surface area contributed by atoms with Crippen molar-refractivity contribution in [2.45, 2.75) is 20.0 Å². The van der Waals surface area contributed by atoms with Crippen molar-refractivity contribution < 1.29 is 4.79 Å². The molecule has 1 N–H and O–H groups in total. The highest BCUT2D eigenvalue weighted by molar-refractivity contribution is 5.99. The maximum absolute atomic E-state index is 13.0. The SMILES string of the molecule is Cc1nc(-c2nc(C(=O)NCc3cccnc3)c3ccccn23)cn1Cc1ccncc1. The molecule has 5 aromatic heterocycles. The molecule has 0 fully saturated rings. The molecule has 0 aliphatic rings. The number of rotatable bonds is 6. The number of aromatic nitrogens is 6. The molecule has 8 heteroatoms. The summed E-state index contributed by atoms with van der Waals surface area (Å²) in [5.74, 6) is 1.26. The van der Waals surface area contributed by atoms with Crippen molar-refractivity contribution in [3.63, 3.8) is 0 Å². The number of carbonyl (C=O) groups excluding carboxylic acids is 1. The van der Waals surface area contributed by atoms with E-state index in [1.807, 2.05) is 66.2 Å². The molecule has 8 nitrogen and oxygen atoms in total. The van der Waals surface area contributed by atoms with E-state index in [1.54, 1.807) is 24.8 Å². The lowest BCUT2D eigenvalue weighted by molar-refractivity contribution is 0.0948. The minimum atomic E-state index is -0.239. The molecule has 0 aliphatic carbocycles. The van der Waals surface area contributed by atoms with Crippen LogP contribution in [-0.4, -0.2) is 34.8 Å². The van der Waals surface area contributed by atoms with Crippen LogP contribution in [0.15, 0.2) is 79.6 Å². The summed E-state index contributed by atoms with van der Waals surface area (Å²) in [6.07, 6.45) is 10.9. The van der Waals surface area contributed by atoms with Crippen LogP contribution in [0.1, 0.15) is 27.4 Å². The first-order chi connectivity index (χ1) is 15.7. The monoisotopic (exact) mass is 423 g/mol. The van der Waals surface area contributed by atoms with E-state index in [0.717, 1.165) is 22.5 Å². The van der Waals surface area contributed by atoms with E-state index in [-0.39, 0.29) is 5.91 Å². The third-order valence-electron chi connectivity index (χ3n) is 5.25. The Morgan fingerprint density at radius 2 is 1.84 bits per heavy atom. The number of hydrogen-bond donors (Lipinski definition) is 1. The van der Waals surface area contributed by atoms with Crippen LogP contribution in [0.4, 0.5) is 0 Å². The molecule has 5 aromatic rings. The van der Waals surface area contributed by atoms with Gasteiger partial charge in [0.25, 0.3) is 5.91 Å². The third-order valence-corrected chi connectivity index (χ3v) is 5.25. The van der Waals surface area contributed by atoms with Gasteiger partial charge in [-0.2, -0.15) is 0 Å². The molecule has 1 amide bonds. The normalized spacial score (nSPS) is 11.0. The summed E-state index contributed by atoms with van der Waals surface area (Å²) in [6.45, 7) is 3.03. The Bertz CT molecular complexity index is 1370. The van der Waals surface area contributed by atoms with Crippen molar-refractivity contribution in [1.29, 1.82) is 0 Å². The Balaban J connectivity index is 1.46. The lowest BCUT2D eigenvalue weighted by Crippen LogP contribution is -2.23. The van der Waals surface area contributed by atoms with E-state index in [9.17, 15) is 4.79 Å². The Hall–Kier alpha value is -4.33. The van der Waals surface area contributed by atoms with Gasteiger partial charge in [0.2, 0.25) is 0 Å². The summed E-state index contributed by atoms with van der Waals surface area (Å²) < 4.78 is 3.97. The van der Waals surface area contributed by atoms with Gasteiger partial charge in [-0.15, -0.1) is 0 Å². The smallest absolute Gasteiger partial charge is 0.272 e. The Labute approximate surface area is 184 Å². The van der Waals surface area contributed by atoms with E-state index in [0.29, 0.717) is 30.3 Å². The molecule has 0 aliphatic heterocycles. The number of amides is 1. The van der Waals surface area contributed by atoms with Crippen LogP contribution < -0.4 is 5.32 Å². The zero-order valence-electron chi connectivity index (χ0n) is 17.5. The molecule has 0 radical (unpaired) electrons. The van der Waals surface area contributed by atoms with Gasteiger partial charge in [-0.1, -0.05) is 12.1 Å². The zero-order valence-corrected chi connectivity index (χ0v) is 17.5. The Kier molecular flexibility index (Phi) is 5.17. The van der Waals surface area contributed by atoms with E-state index >= 15 is 0 Å². The molecular formula is C24H21N7O. The first kappa shape index (κ1) is 19.6. The molecule has 0 aromatic carbocycles. The Morgan fingerprint density at radius 3 is 2.66 bits per heavy atom. The maximum atomic E-state index is 13.0. The highest BCUT2D eigenvalue weighted by Gasteiger charge is 2.20. The molecule has 158 valence electrons. The molecule has 0 atom stereocenters. The van der Waals surface area contributed by atoms with Gasteiger partial charge in [-0.25, -0.2) is 9.97 Å². The van der Waals surface area contributed by atoms with Crippen LogP contribution in [0.5, 0.6) is 0 Å². The van der Waals surface area contributed by atoms with Gasteiger partial charge in [0.15, 0.2) is 11.5 Å². The van der Waals surface area contributed by atoms with Crippen molar-refractivity contribution >= 4 is 11.4 Å². The Morgan fingerprint density at radius 1 is 0.969 bits per heavy atom. The summed E-state index contributed by atoms with van der Waals surface area (Å²) in [7, 11) is 0. The maximum Gasteiger partial charge on any atom is 0.272 e. The molecule has 5 rings (SSSR count). The van der Waals surface area contributed by atoms with Gasteiger partial charge in [-0.3, -0.25) is 19.2 Å². The number of pyridine rings is 3. The lowest BCUT2D eigenvalue weighted by atomic mass is 10.2. The van der Waals surface area contributed by atoms with E-state index in [4.69, 9.17) is 4.98 Å². The van der Waals surface area contributed by atoms with Crippen LogP contribution in [0.3, 0.4) is 0 Å². The second-order valence-electron chi connectivity index (χ2n) is 7.44. The molecule has 0 unspecified atom stereocenters. The van der Waals surface area contributed by atoms with E-state index in [2.05, 4.69) is 24.8 Å². The third kappa shape index (κ3) is 3.85. The molecule has 5 heterocycles. The van der Waals surface area contributed by atoms with Gasteiger partial charge < -0.3 is 9.88 Å². The van der Waals surface area contributed by atoms with Crippen molar-refractivity contribution in [3.05, 3.63) is 102 Å². The average Bonchev–Trinajstić information content (AvgIpc) is 3.39. The van der Waals surface area contributed by atoms with Gasteiger partial charge >= 0.3 is 0 Å². The fraction of sp³-hybridized carbons (Fsp3) is 0.125. The highest BCUT2D eigenvalue weighted by atomic mass is 16.1. The van der Waals surface area contributed by atoms with Crippen molar-refractivity contribution in [1.82, 2.24) is 34.2 Å². The topological polar surface area (TPSA) is 90.0 Å². The van der Waals surface area contributed by atoms with Gasteiger partial charge in [-0.05, 0) is 48.4 Å². The standard InChI is InChI=1S/C24H21N7O/c1-17-28-20(16-30(17)15-18-7-10-25-11-8-18)23-29-22(21-6-2-3-12-31(21)23)24(32)27-14-19-5-4-9-26-13-19/h2-13,16H,14-15H2,1H3,(H,27,32). The van der Waals surface area contributed by atoms with Crippen LogP contribution >= 0.6 is 0 Å². The van der Waals surface area contributed by atoms with Crippen LogP contribution in [0, 0.1) is 6.92 Å². The van der Waals surface area contributed by atoms with Gasteiger partial charge in [0.05, 0.1) is 5.52 Å². The molecule has 0 bridgehead atoms. The number of nitrogens with one attached hydrogen (secondary N) is 1.